The first-order valence-corrected chi connectivity index (χ1v) is 7.62. The molecule has 0 unspecified atom stereocenters. The zero-order chi connectivity index (χ0) is 14.5. The number of amides is 1. The van der Waals surface area contributed by atoms with Crippen LogP contribution in [0.25, 0.3) is 0 Å². The van der Waals surface area contributed by atoms with Crippen LogP contribution in [0.1, 0.15) is 29.6 Å². The van der Waals surface area contributed by atoms with Crippen molar-refractivity contribution in [3.05, 3.63) is 29.6 Å². The second-order valence-electron chi connectivity index (χ2n) is 4.80. The van der Waals surface area contributed by atoms with Crippen LogP contribution in [-0.2, 0) is 4.79 Å². The molecule has 0 saturated carbocycles. The summed E-state index contributed by atoms with van der Waals surface area (Å²) in [5.41, 5.74) is -0.0772. The van der Waals surface area contributed by atoms with Crippen molar-refractivity contribution in [2.45, 2.75) is 19.3 Å². The van der Waals surface area contributed by atoms with E-state index in [1.165, 1.54) is 6.07 Å². The molecule has 2 N–H and O–H groups in total. The van der Waals surface area contributed by atoms with E-state index in [1.807, 2.05) is 11.8 Å². The number of hydrogen-bond donors (Lipinski definition) is 2. The monoisotopic (exact) mass is 297 g/mol. The lowest BCUT2D eigenvalue weighted by Crippen LogP contribution is -2.20. The lowest BCUT2D eigenvalue weighted by molar-refractivity contribution is -0.117. The van der Waals surface area contributed by atoms with Crippen LogP contribution >= 0.6 is 11.8 Å². The Morgan fingerprint density at radius 2 is 2.05 bits per heavy atom. The van der Waals surface area contributed by atoms with Gasteiger partial charge in [0.25, 0.3) is 0 Å². The van der Waals surface area contributed by atoms with Crippen molar-refractivity contribution in [3.63, 3.8) is 0 Å². The molecule has 1 heterocycles. The van der Waals surface area contributed by atoms with Gasteiger partial charge >= 0.3 is 5.97 Å². The third-order valence-corrected chi connectivity index (χ3v) is 4.35. The van der Waals surface area contributed by atoms with Gasteiger partial charge in [0.15, 0.2) is 0 Å². The summed E-state index contributed by atoms with van der Waals surface area (Å²) in [7, 11) is 0. The molecule has 0 bridgehead atoms. The summed E-state index contributed by atoms with van der Waals surface area (Å²) in [4.78, 5) is 23.0. The zero-order valence-electron chi connectivity index (χ0n) is 10.9. The number of halogens is 1. The number of benzene rings is 1. The van der Waals surface area contributed by atoms with Crippen LogP contribution in [0, 0.1) is 11.7 Å². The Bertz CT molecular complexity index is 515. The van der Waals surface area contributed by atoms with Crippen molar-refractivity contribution in [1.29, 1.82) is 0 Å². The highest BCUT2D eigenvalue weighted by Gasteiger charge is 2.19. The number of anilines is 1. The highest BCUT2D eigenvalue weighted by molar-refractivity contribution is 7.99. The summed E-state index contributed by atoms with van der Waals surface area (Å²) in [6, 6.07) is 3.34. The number of thioether (sulfide) groups is 1. The van der Waals surface area contributed by atoms with E-state index in [-0.39, 0.29) is 17.2 Å². The number of rotatable bonds is 4. The van der Waals surface area contributed by atoms with Gasteiger partial charge in [-0.3, -0.25) is 4.79 Å². The third-order valence-electron chi connectivity index (χ3n) is 3.30. The molecule has 0 aromatic heterocycles. The fraction of sp³-hybridized carbons (Fsp3) is 0.429. The normalized spacial score (nSPS) is 15.8. The van der Waals surface area contributed by atoms with E-state index in [0.29, 0.717) is 12.3 Å². The maximum absolute atomic E-state index is 13.0. The number of carbonyl (C=O) groups is 2. The standard InChI is InChI=1S/C14H16FNO3S/c15-10-1-2-12(11(8-10)14(18)19)16-13(17)7-9-3-5-20-6-4-9/h1-2,8-9H,3-7H2,(H,16,17)(H,18,19). The van der Waals surface area contributed by atoms with Crippen LogP contribution in [0.5, 0.6) is 0 Å². The van der Waals surface area contributed by atoms with Crippen molar-refractivity contribution in [2.24, 2.45) is 5.92 Å². The smallest absolute Gasteiger partial charge is 0.337 e. The Hall–Kier alpha value is -1.56. The summed E-state index contributed by atoms with van der Waals surface area (Å²) in [6.07, 6.45) is 2.40. The molecule has 1 amide bonds. The second-order valence-corrected chi connectivity index (χ2v) is 6.03. The van der Waals surface area contributed by atoms with Crippen molar-refractivity contribution < 1.29 is 19.1 Å². The molecule has 108 valence electrons. The topological polar surface area (TPSA) is 66.4 Å². The first kappa shape index (κ1) is 14.8. The van der Waals surface area contributed by atoms with Gasteiger partial charge in [-0.05, 0) is 48.5 Å². The van der Waals surface area contributed by atoms with Gasteiger partial charge < -0.3 is 10.4 Å². The maximum Gasteiger partial charge on any atom is 0.337 e. The van der Waals surface area contributed by atoms with Crippen molar-refractivity contribution in [3.8, 4) is 0 Å². The van der Waals surface area contributed by atoms with Gasteiger partial charge in [-0.2, -0.15) is 11.8 Å². The minimum atomic E-state index is -1.26. The van der Waals surface area contributed by atoms with Crippen molar-refractivity contribution in [1.82, 2.24) is 0 Å². The van der Waals surface area contributed by atoms with Gasteiger partial charge in [-0.15, -0.1) is 0 Å². The number of nitrogens with one attached hydrogen (secondary N) is 1. The van der Waals surface area contributed by atoms with E-state index in [2.05, 4.69) is 5.32 Å². The fourth-order valence-corrected chi connectivity index (χ4v) is 3.42. The number of aromatic carboxylic acids is 1. The summed E-state index contributed by atoms with van der Waals surface area (Å²) >= 11 is 1.89. The molecule has 20 heavy (non-hydrogen) atoms. The molecule has 1 saturated heterocycles. The molecule has 0 radical (unpaired) electrons. The molecule has 1 aliphatic rings. The first-order valence-electron chi connectivity index (χ1n) is 6.46. The lowest BCUT2D eigenvalue weighted by atomic mass is 9.98. The number of carboxylic acid groups (broad SMARTS) is 1. The van der Waals surface area contributed by atoms with E-state index in [4.69, 9.17) is 5.11 Å². The van der Waals surface area contributed by atoms with E-state index in [9.17, 15) is 14.0 Å². The van der Waals surface area contributed by atoms with Crippen LogP contribution in [0.3, 0.4) is 0 Å². The average Bonchev–Trinajstić information content (AvgIpc) is 2.41. The molecular weight excluding hydrogens is 281 g/mol. The van der Waals surface area contributed by atoms with Crippen molar-refractivity contribution >= 4 is 29.3 Å². The Labute approximate surface area is 120 Å². The SMILES string of the molecule is O=C(CC1CCSCC1)Nc1ccc(F)cc1C(=O)O. The molecule has 0 aliphatic carbocycles. The van der Waals surface area contributed by atoms with Crippen LogP contribution in [-0.4, -0.2) is 28.5 Å². The zero-order valence-corrected chi connectivity index (χ0v) is 11.7. The molecule has 1 aliphatic heterocycles. The minimum Gasteiger partial charge on any atom is -0.478 e. The fourth-order valence-electron chi connectivity index (χ4n) is 2.22. The predicted octanol–water partition coefficient (Wildman–Crippen LogP) is 3.00. The van der Waals surface area contributed by atoms with Gasteiger partial charge in [-0.25, -0.2) is 9.18 Å². The minimum absolute atomic E-state index is 0.147. The van der Waals surface area contributed by atoms with E-state index in [1.54, 1.807) is 0 Å². The summed E-state index contributed by atoms with van der Waals surface area (Å²) in [5.74, 6) is 0.378. The number of hydrogen-bond acceptors (Lipinski definition) is 3. The third kappa shape index (κ3) is 3.96. The van der Waals surface area contributed by atoms with Crippen LogP contribution in [0.4, 0.5) is 10.1 Å². The van der Waals surface area contributed by atoms with Gasteiger partial charge in [0, 0.05) is 6.42 Å². The van der Waals surface area contributed by atoms with Crippen molar-refractivity contribution in [2.75, 3.05) is 16.8 Å². The van der Waals surface area contributed by atoms with Crippen LogP contribution < -0.4 is 5.32 Å². The highest BCUT2D eigenvalue weighted by atomic mass is 32.2. The first-order chi connectivity index (χ1) is 9.56. The van der Waals surface area contributed by atoms with Gasteiger partial charge in [0.05, 0.1) is 11.3 Å². The van der Waals surface area contributed by atoms with Gasteiger partial charge in [0.2, 0.25) is 5.91 Å². The van der Waals surface area contributed by atoms with E-state index >= 15 is 0 Å². The molecular formula is C14H16FNO3S. The Balaban J connectivity index is 2.01. The lowest BCUT2D eigenvalue weighted by Gasteiger charge is -2.20. The Morgan fingerprint density at radius 1 is 1.35 bits per heavy atom. The Morgan fingerprint density at radius 3 is 2.70 bits per heavy atom. The quantitative estimate of drug-likeness (QED) is 0.896. The van der Waals surface area contributed by atoms with E-state index < -0.39 is 11.8 Å². The molecule has 0 atom stereocenters. The molecule has 6 heteroatoms. The molecule has 4 nitrogen and oxygen atoms in total. The number of carboxylic acids is 1. The second kappa shape index (κ2) is 6.74. The molecule has 1 fully saturated rings. The summed E-state index contributed by atoms with van der Waals surface area (Å²) < 4.78 is 13.0. The van der Waals surface area contributed by atoms with Crippen LogP contribution in [0.15, 0.2) is 18.2 Å². The molecule has 1 aromatic rings. The predicted molar refractivity (Wildman–Crippen MR) is 76.7 cm³/mol. The van der Waals surface area contributed by atoms with Gasteiger partial charge in [-0.1, -0.05) is 0 Å². The molecule has 2 rings (SSSR count). The Kier molecular flexibility index (Phi) is 5.00. The summed E-state index contributed by atoms with van der Waals surface area (Å²) in [6.45, 7) is 0. The maximum atomic E-state index is 13.0. The molecule has 1 aromatic carbocycles. The highest BCUT2D eigenvalue weighted by Crippen LogP contribution is 2.26. The van der Waals surface area contributed by atoms with Gasteiger partial charge in [0.1, 0.15) is 5.82 Å². The van der Waals surface area contributed by atoms with E-state index in [0.717, 1.165) is 36.5 Å². The van der Waals surface area contributed by atoms with Crippen LogP contribution in [0.2, 0.25) is 0 Å². The molecule has 0 spiro atoms. The summed E-state index contributed by atoms with van der Waals surface area (Å²) in [5, 5.41) is 11.6. The average molecular weight is 297 g/mol. The largest absolute Gasteiger partial charge is 0.478 e. The number of carbonyl (C=O) groups excluding carboxylic acids is 1.